The highest BCUT2D eigenvalue weighted by molar-refractivity contribution is 6.10. The van der Waals surface area contributed by atoms with Crippen molar-refractivity contribution in [1.29, 1.82) is 5.26 Å². The number of nitrogens with zero attached hydrogens (tertiary/aromatic N) is 1. The van der Waals surface area contributed by atoms with Crippen LogP contribution in [0.4, 0.5) is 14.5 Å². The van der Waals surface area contributed by atoms with E-state index in [1.165, 1.54) is 0 Å². The largest absolute Gasteiger partial charge is 0.321 e. The molecule has 116 valence electrons. The molecule has 2 aromatic rings. The second-order valence-corrected chi connectivity index (χ2v) is 5.11. The van der Waals surface area contributed by atoms with Crippen LogP contribution in [-0.2, 0) is 4.79 Å². The number of carbonyl (C=O) groups excluding carboxylic acids is 1. The van der Waals surface area contributed by atoms with Crippen molar-refractivity contribution in [3.05, 3.63) is 70.3 Å². The average Bonchev–Trinajstić information content (AvgIpc) is 2.50. The zero-order valence-electron chi connectivity index (χ0n) is 12.7. The Morgan fingerprint density at radius 3 is 2.57 bits per heavy atom. The molecule has 0 atom stereocenters. The van der Waals surface area contributed by atoms with Crippen LogP contribution in [0, 0.1) is 36.8 Å². The van der Waals surface area contributed by atoms with Gasteiger partial charge in [0.05, 0.1) is 0 Å². The Bertz CT molecular complexity index is 835. The Morgan fingerprint density at radius 1 is 1.17 bits per heavy atom. The second kappa shape index (κ2) is 6.84. The second-order valence-electron chi connectivity index (χ2n) is 5.11. The molecule has 0 aromatic heterocycles. The fourth-order valence-corrected chi connectivity index (χ4v) is 2.07. The molecular formula is C18H14F2N2O. The molecule has 2 rings (SSSR count). The van der Waals surface area contributed by atoms with E-state index in [4.69, 9.17) is 5.26 Å². The summed E-state index contributed by atoms with van der Waals surface area (Å²) in [6.07, 6.45) is 1.03. The zero-order chi connectivity index (χ0) is 17.0. The van der Waals surface area contributed by atoms with Gasteiger partial charge in [-0.15, -0.1) is 0 Å². The van der Waals surface area contributed by atoms with Crippen LogP contribution in [0.5, 0.6) is 0 Å². The van der Waals surface area contributed by atoms with Gasteiger partial charge >= 0.3 is 0 Å². The fourth-order valence-electron chi connectivity index (χ4n) is 2.07. The summed E-state index contributed by atoms with van der Waals surface area (Å²) in [5, 5.41) is 11.7. The topological polar surface area (TPSA) is 52.9 Å². The molecule has 0 saturated heterocycles. The number of halogens is 2. The van der Waals surface area contributed by atoms with Crippen molar-refractivity contribution in [2.75, 3.05) is 5.32 Å². The van der Waals surface area contributed by atoms with Gasteiger partial charge < -0.3 is 5.32 Å². The SMILES string of the molecule is Cc1ccc(NC(=O)/C(C#N)=C/c2cc(F)ccc2F)c(C)c1. The van der Waals surface area contributed by atoms with Crippen molar-refractivity contribution in [3.63, 3.8) is 0 Å². The summed E-state index contributed by atoms with van der Waals surface area (Å²) < 4.78 is 26.8. The number of hydrogen-bond donors (Lipinski definition) is 1. The number of aryl methyl sites for hydroxylation is 2. The third-order valence-corrected chi connectivity index (χ3v) is 3.25. The third kappa shape index (κ3) is 4.01. The number of hydrogen-bond acceptors (Lipinski definition) is 2. The summed E-state index contributed by atoms with van der Waals surface area (Å²) in [7, 11) is 0. The number of nitriles is 1. The Balaban J connectivity index is 2.30. The van der Waals surface area contributed by atoms with Gasteiger partial charge in [-0.1, -0.05) is 17.7 Å². The molecule has 3 nitrogen and oxygen atoms in total. The van der Waals surface area contributed by atoms with Crippen LogP contribution in [0.3, 0.4) is 0 Å². The molecule has 23 heavy (non-hydrogen) atoms. The molecule has 0 aliphatic rings. The number of carbonyl (C=O) groups is 1. The minimum absolute atomic E-state index is 0.155. The van der Waals surface area contributed by atoms with E-state index in [1.54, 1.807) is 12.1 Å². The summed E-state index contributed by atoms with van der Waals surface area (Å²) in [6, 6.07) is 9.98. The van der Waals surface area contributed by atoms with Crippen molar-refractivity contribution in [2.45, 2.75) is 13.8 Å². The maximum absolute atomic E-state index is 13.6. The number of anilines is 1. The number of nitrogens with one attached hydrogen (secondary N) is 1. The van der Waals surface area contributed by atoms with Gasteiger partial charge in [0.15, 0.2) is 0 Å². The summed E-state index contributed by atoms with van der Waals surface area (Å²) in [5.41, 5.74) is 1.97. The molecule has 0 saturated carbocycles. The Hall–Kier alpha value is -3.00. The molecule has 5 heteroatoms. The van der Waals surface area contributed by atoms with Gasteiger partial charge in [-0.2, -0.15) is 5.26 Å². The normalized spacial score (nSPS) is 11.0. The van der Waals surface area contributed by atoms with Crippen molar-refractivity contribution in [2.24, 2.45) is 0 Å². The van der Waals surface area contributed by atoms with Gasteiger partial charge in [0.25, 0.3) is 5.91 Å². The van der Waals surface area contributed by atoms with Crippen LogP contribution < -0.4 is 5.32 Å². The van der Waals surface area contributed by atoms with Gasteiger partial charge in [-0.3, -0.25) is 4.79 Å². The molecule has 1 N–H and O–H groups in total. The van der Waals surface area contributed by atoms with E-state index in [0.29, 0.717) is 5.69 Å². The van der Waals surface area contributed by atoms with E-state index in [0.717, 1.165) is 35.4 Å². The molecule has 1 amide bonds. The van der Waals surface area contributed by atoms with E-state index in [-0.39, 0.29) is 11.1 Å². The van der Waals surface area contributed by atoms with Crippen LogP contribution in [0.1, 0.15) is 16.7 Å². The molecule has 2 aromatic carbocycles. The monoisotopic (exact) mass is 312 g/mol. The molecule has 0 aliphatic heterocycles. The molecule has 0 heterocycles. The first-order chi connectivity index (χ1) is 10.9. The molecule has 0 radical (unpaired) electrons. The van der Waals surface area contributed by atoms with Gasteiger partial charge in [0.1, 0.15) is 23.3 Å². The van der Waals surface area contributed by atoms with Crippen LogP contribution in [0.25, 0.3) is 6.08 Å². The Kier molecular flexibility index (Phi) is 4.87. The Labute approximate surface area is 132 Å². The molecule has 0 fully saturated rings. The molecular weight excluding hydrogens is 298 g/mol. The minimum atomic E-state index is -0.710. The third-order valence-electron chi connectivity index (χ3n) is 3.25. The fraction of sp³-hybridized carbons (Fsp3) is 0.111. The lowest BCUT2D eigenvalue weighted by atomic mass is 10.1. The van der Waals surface area contributed by atoms with E-state index >= 15 is 0 Å². The van der Waals surface area contributed by atoms with E-state index in [2.05, 4.69) is 5.32 Å². The maximum Gasteiger partial charge on any atom is 0.266 e. The summed E-state index contributed by atoms with van der Waals surface area (Å²) >= 11 is 0. The van der Waals surface area contributed by atoms with Crippen LogP contribution in [-0.4, -0.2) is 5.91 Å². The van der Waals surface area contributed by atoms with Gasteiger partial charge in [-0.05, 0) is 49.8 Å². The van der Waals surface area contributed by atoms with Gasteiger partial charge in [-0.25, -0.2) is 8.78 Å². The van der Waals surface area contributed by atoms with Crippen molar-refractivity contribution in [1.82, 2.24) is 0 Å². The average molecular weight is 312 g/mol. The zero-order valence-corrected chi connectivity index (χ0v) is 12.7. The highest BCUT2D eigenvalue weighted by Crippen LogP contribution is 2.18. The summed E-state index contributed by atoms with van der Waals surface area (Å²) in [5.74, 6) is -2.04. The first-order valence-corrected chi connectivity index (χ1v) is 6.86. The minimum Gasteiger partial charge on any atom is -0.321 e. The predicted octanol–water partition coefficient (Wildman–Crippen LogP) is 4.13. The van der Waals surface area contributed by atoms with Crippen LogP contribution >= 0.6 is 0 Å². The lowest BCUT2D eigenvalue weighted by molar-refractivity contribution is -0.112. The number of amides is 1. The predicted molar refractivity (Wildman–Crippen MR) is 84.5 cm³/mol. The molecule has 0 unspecified atom stereocenters. The first kappa shape index (κ1) is 16.4. The number of rotatable bonds is 3. The van der Waals surface area contributed by atoms with Crippen LogP contribution in [0.15, 0.2) is 42.0 Å². The standard InChI is InChI=1S/C18H14F2N2O/c1-11-3-6-17(12(2)7-11)22-18(23)14(10-21)8-13-9-15(19)4-5-16(13)20/h3-9H,1-2H3,(H,22,23)/b14-8+. The summed E-state index contributed by atoms with van der Waals surface area (Å²) in [4.78, 5) is 12.2. The Morgan fingerprint density at radius 2 is 1.91 bits per heavy atom. The van der Waals surface area contributed by atoms with Gasteiger partial charge in [0.2, 0.25) is 0 Å². The van der Waals surface area contributed by atoms with Gasteiger partial charge in [0, 0.05) is 11.3 Å². The maximum atomic E-state index is 13.6. The highest BCUT2D eigenvalue weighted by atomic mass is 19.1. The summed E-state index contributed by atoms with van der Waals surface area (Å²) in [6.45, 7) is 3.75. The lowest BCUT2D eigenvalue weighted by Crippen LogP contribution is -2.14. The van der Waals surface area contributed by atoms with Crippen molar-refractivity contribution < 1.29 is 13.6 Å². The molecule has 0 aliphatic carbocycles. The van der Waals surface area contributed by atoms with E-state index in [9.17, 15) is 13.6 Å². The lowest BCUT2D eigenvalue weighted by Gasteiger charge is -2.08. The van der Waals surface area contributed by atoms with Crippen LogP contribution in [0.2, 0.25) is 0 Å². The molecule has 0 spiro atoms. The van der Waals surface area contributed by atoms with E-state index in [1.807, 2.05) is 26.0 Å². The smallest absolute Gasteiger partial charge is 0.266 e. The quantitative estimate of drug-likeness (QED) is 0.684. The molecule has 0 bridgehead atoms. The number of benzene rings is 2. The van der Waals surface area contributed by atoms with Crippen molar-refractivity contribution >= 4 is 17.7 Å². The van der Waals surface area contributed by atoms with Crippen molar-refractivity contribution in [3.8, 4) is 6.07 Å². The highest BCUT2D eigenvalue weighted by Gasteiger charge is 2.12. The first-order valence-electron chi connectivity index (χ1n) is 6.86. The van der Waals surface area contributed by atoms with E-state index < -0.39 is 17.5 Å².